The van der Waals surface area contributed by atoms with E-state index in [1.54, 1.807) is 42.5 Å². The van der Waals surface area contributed by atoms with Crippen LogP contribution in [-0.2, 0) is 13.8 Å². The van der Waals surface area contributed by atoms with E-state index in [2.05, 4.69) is 10.1 Å². The fourth-order valence-corrected chi connectivity index (χ4v) is 3.94. The van der Waals surface area contributed by atoms with Gasteiger partial charge >= 0.3 is 8.25 Å². The van der Waals surface area contributed by atoms with Gasteiger partial charge in [0.05, 0.1) is 11.8 Å². The smallest absolute Gasteiger partial charge is 0.390 e. The number of aliphatic hydroxyl groups is 1. The Morgan fingerprint density at radius 3 is 2.90 bits per heavy atom. The van der Waals surface area contributed by atoms with Crippen molar-refractivity contribution in [2.24, 2.45) is 0 Å². The average Bonchev–Trinajstić information content (AvgIpc) is 3.30. The van der Waals surface area contributed by atoms with Gasteiger partial charge in [-0.05, 0) is 24.3 Å². The first kappa shape index (κ1) is 19.7. The zero-order valence-corrected chi connectivity index (χ0v) is 16.1. The maximum absolute atomic E-state index is 13.9. The number of alkyl halides is 1. The van der Waals surface area contributed by atoms with E-state index in [0.29, 0.717) is 22.8 Å². The second-order valence-corrected chi connectivity index (χ2v) is 7.55. The quantitative estimate of drug-likeness (QED) is 0.559. The molecule has 4 atom stereocenters. The molecule has 152 valence electrons. The molecule has 2 aromatic heterocycles. The number of nitrogen functional groups attached to an aromatic ring is 1. The lowest BCUT2D eigenvalue weighted by molar-refractivity contribution is -0.118. The first-order valence-corrected chi connectivity index (χ1v) is 9.95. The lowest BCUT2D eigenvalue weighted by Crippen LogP contribution is -2.45. The van der Waals surface area contributed by atoms with Gasteiger partial charge in [0.2, 0.25) is 0 Å². The van der Waals surface area contributed by atoms with Gasteiger partial charge in [-0.15, -0.1) is 4.52 Å². The number of rotatable bonds is 7. The molecule has 1 aliphatic heterocycles. The van der Waals surface area contributed by atoms with Gasteiger partial charge in [-0.2, -0.15) is 5.10 Å². The van der Waals surface area contributed by atoms with Gasteiger partial charge in [-0.1, -0.05) is 18.2 Å². The molecule has 1 aromatic carbocycles. The molecule has 29 heavy (non-hydrogen) atoms. The summed E-state index contributed by atoms with van der Waals surface area (Å²) in [6.07, 6.45) is -0.426. The Balaban J connectivity index is 1.47. The van der Waals surface area contributed by atoms with Gasteiger partial charge in [-0.25, -0.2) is 18.4 Å². The van der Waals surface area contributed by atoms with E-state index in [1.807, 2.05) is 0 Å². The van der Waals surface area contributed by atoms with Crippen molar-refractivity contribution in [2.75, 3.05) is 19.0 Å². The number of benzene rings is 1. The molecule has 1 aliphatic rings. The molecule has 3 N–H and O–H groups in total. The predicted molar refractivity (Wildman–Crippen MR) is 101 cm³/mol. The SMILES string of the molecule is Nc1ncnn2c([C@H]3C[C@H](O)[C@@](CF)(CO[P+](=O)Oc4ccccc4)O3)ccc12. The van der Waals surface area contributed by atoms with Crippen molar-refractivity contribution in [2.45, 2.75) is 24.2 Å². The number of nitrogens with two attached hydrogens (primary N) is 1. The molecule has 3 heterocycles. The summed E-state index contributed by atoms with van der Waals surface area (Å²) in [7, 11) is -2.57. The van der Waals surface area contributed by atoms with Crippen molar-refractivity contribution < 1.29 is 27.8 Å². The maximum Gasteiger partial charge on any atom is 0.750 e. The first-order chi connectivity index (χ1) is 14.0. The number of halogens is 1. The number of nitrogens with zero attached hydrogens (tertiary/aromatic N) is 3. The molecule has 0 spiro atoms. The summed E-state index contributed by atoms with van der Waals surface area (Å²) >= 11 is 0. The van der Waals surface area contributed by atoms with Gasteiger partial charge in [0.1, 0.15) is 31.2 Å². The molecule has 1 fully saturated rings. The van der Waals surface area contributed by atoms with Gasteiger partial charge < -0.3 is 15.6 Å². The van der Waals surface area contributed by atoms with E-state index >= 15 is 0 Å². The van der Waals surface area contributed by atoms with Crippen molar-refractivity contribution in [3.63, 3.8) is 0 Å². The van der Waals surface area contributed by atoms with Crippen LogP contribution >= 0.6 is 8.25 Å². The highest BCUT2D eigenvalue weighted by molar-refractivity contribution is 7.33. The number of para-hydroxylation sites is 1. The molecular formula is C18H19FN4O5P+. The second-order valence-electron chi connectivity index (χ2n) is 6.66. The average molecular weight is 421 g/mol. The fourth-order valence-electron chi connectivity index (χ4n) is 3.27. The first-order valence-electron chi connectivity index (χ1n) is 8.85. The summed E-state index contributed by atoms with van der Waals surface area (Å²) in [4.78, 5) is 3.92. The third kappa shape index (κ3) is 3.79. The highest BCUT2D eigenvalue weighted by atomic mass is 31.1. The number of aliphatic hydroxyl groups excluding tert-OH is 1. The fraction of sp³-hybridized carbons (Fsp3) is 0.333. The normalized spacial score (nSPS) is 24.7. The Morgan fingerprint density at radius 2 is 2.14 bits per heavy atom. The number of ether oxygens (including phenoxy) is 1. The van der Waals surface area contributed by atoms with E-state index in [1.165, 1.54) is 10.8 Å². The Bertz CT molecular complexity index is 1020. The Kier molecular flexibility index (Phi) is 5.42. The summed E-state index contributed by atoms with van der Waals surface area (Å²) in [6, 6.07) is 11.9. The Hall–Kier alpha value is -2.65. The lowest BCUT2D eigenvalue weighted by Gasteiger charge is -2.26. The van der Waals surface area contributed by atoms with Crippen LogP contribution < -0.4 is 10.3 Å². The van der Waals surface area contributed by atoms with Crippen molar-refractivity contribution in [1.82, 2.24) is 14.6 Å². The Labute approximate surface area is 166 Å². The molecule has 11 heteroatoms. The molecule has 1 unspecified atom stereocenters. The van der Waals surface area contributed by atoms with Gasteiger partial charge in [0, 0.05) is 11.0 Å². The van der Waals surface area contributed by atoms with Crippen molar-refractivity contribution >= 4 is 19.6 Å². The van der Waals surface area contributed by atoms with Crippen molar-refractivity contribution in [1.29, 1.82) is 0 Å². The largest absolute Gasteiger partial charge is 0.750 e. The van der Waals surface area contributed by atoms with Crippen molar-refractivity contribution in [3.05, 3.63) is 54.5 Å². The molecule has 4 rings (SSSR count). The standard InChI is InChI=1S/C18H19FN4O5P/c19-9-18(10-26-29(25)28-12-4-2-1-3-5-12)16(24)8-15(27-18)13-6-7-14-17(20)21-11-22-23(13)14/h1-7,11,15-16,24H,8-10H2,(H2,20,21,22)/q+1/t15-,16+,18-/m1/s1. The van der Waals surface area contributed by atoms with Crippen LogP contribution in [0.15, 0.2) is 48.8 Å². The van der Waals surface area contributed by atoms with Crippen LogP contribution in [0.4, 0.5) is 10.2 Å². The van der Waals surface area contributed by atoms with Crippen LogP contribution in [0.1, 0.15) is 18.2 Å². The van der Waals surface area contributed by atoms with Crippen LogP contribution in [0.25, 0.3) is 5.52 Å². The summed E-state index contributed by atoms with van der Waals surface area (Å²) in [6.45, 7) is -1.47. The minimum absolute atomic E-state index is 0.111. The summed E-state index contributed by atoms with van der Waals surface area (Å²) < 4.78 is 43.7. The van der Waals surface area contributed by atoms with E-state index in [9.17, 15) is 14.1 Å². The number of aromatic nitrogens is 3. The van der Waals surface area contributed by atoms with Crippen LogP contribution in [0.5, 0.6) is 5.75 Å². The number of hydrogen-bond acceptors (Lipinski definition) is 8. The highest BCUT2D eigenvalue weighted by Crippen LogP contribution is 2.42. The number of anilines is 1. The number of fused-ring (bicyclic) bond motifs is 1. The zero-order chi connectivity index (χ0) is 20.4. The van der Waals surface area contributed by atoms with E-state index < -0.39 is 39.3 Å². The highest BCUT2D eigenvalue weighted by Gasteiger charge is 2.52. The molecule has 1 saturated heterocycles. The third-order valence-electron chi connectivity index (χ3n) is 4.83. The number of hydrogen-bond donors (Lipinski definition) is 2. The van der Waals surface area contributed by atoms with E-state index in [-0.39, 0.29) is 6.42 Å². The van der Waals surface area contributed by atoms with E-state index in [0.717, 1.165) is 0 Å². The van der Waals surface area contributed by atoms with Gasteiger partial charge in [0.25, 0.3) is 0 Å². The molecule has 9 nitrogen and oxygen atoms in total. The molecule has 0 saturated carbocycles. The topological polar surface area (TPSA) is 121 Å². The van der Waals surface area contributed by atoms with Gasteiger partial charge in [-0.3, -0.25) is 0 Å². The van der Waals surface area contributed by atoms with Crippen LogP contribution in [-0.4, -0.2) is 44.7 Å². The maximum atomic E-state index is 13.9. The lowest BCUT2D eigenvalue weighted by atomic mass is 9.98. The molecule has 0 bridgehead atoms. The molecule has 0 amide bonds. The molecular weight excluding hydrogens is 402 g/mol. The zero-order valence-electron chi connectivity index (χ0n) is 15.2. The summed E-state index contributed by atoms with van der Waals surface area (Å²) in [5.41, 5.74) is 5.33. The Morgan fingerprint density at radius 1 is 1.34 bits per heavy atom. The van der Waals surface area contributed by atoms with Crippen LogP contribution in [0.3, 0.4) is 0 Å². The monoisotopic (exact) mass is 421 g/mol. The molecule has 3 aromatic rings. The van der Waals surface area contributed by atoms with Crippen LogP contribution in [0, 0.1) is 0 Å². The molecule has 0 aliphatic carbocycles. The van der Waals surface area contributed by atoms with Crippen molar-refractivity contribution in [3.8, 4) is 5.75 Å². The van der Waals surface area contributed by atoms with Gasteiger partial charge in [0.15, 0.2) is 17.2 Å². The summed E-state index contributed by atoms with van der Waals surface area (Å²) in [5.74, 6) is 0.644. The minimum atomic E-state index is -2.57. The minimum Gasteiger partial charge on any atom is -0.390 e. The van der Waals surface area contributed by atoms with E-state index in [4.69, 9.17) is 19.5 Å². The van der Waals surface area contributed by atoms with Crippen LogP contribution in [0.2, 0.25) is 0 Å². The third-order valence-corrected chi connectivity index (χ3v) is 5.53. The molecule has 0 radical (unpaired) electrons. The second kappa shape index (κ2) is 8.00. The summed E-state index contributed by atoms with van der Waals surface area (Å²) in [5, 5.41) is 14.6. The predicted octanol–water partition coefficient (Wildman–Crippen LogP) is 2.60.